The summed E-state index contributed by atoms with van der Waals surface area (Å²) in [6.45, 7) is 1.58. The van der Waals surface area contributed by atoms with E-state index in [0.29, 0.717) is 0 Å². The molecule has 0 saturated heterocycles. The molecule has 2 heteroatoms. The van der Waals surface area contributed by atoms with Crippen molar-refractivity contribution in [2.45, 2.75) is 6.92 Å². The van der Waals surface area contributed by atoms with E-state index < -0.39 is 0 Å². The van der Waals surface area contributed by atoms with Gasteiger partial charge in [-0.15, -0.1) is 0 Å². The molecule has 0 fully saturated rings. The molecule has 0 amide bonds. The fourth-order valence-electron chi connectivity index (χ4n) is 1.60. The third-order valence-corrected chi connectivity index (χ3v) is 3.18. The van der Waals surface area contributed by atoms with Crippen molar-refractivity contribution >= 4 is 33.9 Å². The smallest absolute Gasteiger partial charge is 0.159 e. The van der Waals surface area contributed by atoms with Crippen LogP contribution in [0.25, 0.3) is 12.2 Å². The summed E-state index contributed by atoms with van der Waals surface area (Å²) in [5, 5.41) is 0. The van der Waals surface area contributed by atoms with Gasteiger partial charge in [0.05, 0.1) is 0 Å². The molecule has 0 unspecified atom stereocenters. The number of Topliss-reactive ketones (excluding diaryl/α,β-unsaturated/α-hetero) is 1. The van der Waals surface area contributed by atoms with Gasteiger partial charge in [-0.1, -0.05) is 64.5 Å². The summed E-state index contributed by atoms with van der Waals surface area (Å²) >= 11 is 3.41. The van der Waals surface area contributed by atoms with Crippen molar-refractivity contribution in [3.63, 3.8) is 0 Å². The molecule has 18 heavy (non-hydrogen) atoms. The summed E-state index contributed by atoms with van der Waals surface area (Å²) in [5.41, 5.74) is 2.98. The molecule has 0 aliphatic rings. The lowest BCUT2D eigenvalue weighted by atomic mass is 10.1. The number of benzene rings is 2. The lowest BCUT2D eigenvalue weighted by Gasteiger charge is -1.97. The van der Waals surface area contributed by atoms with E-state index >= 15 is 0 Å². The fraction of sp³-hybridized carbons (Fsp3) is 0.0625. The van der Waals surface area contributed by atoms with Crippen LogP contribution in [0.5, 0.6) is 0 Å². The Labute approximate surface area is 115 Å². The van der Waals surface area contributed by atoms with Gasteiger partial charge in [-0.25, -0.2) is 0 Å². The quantitative estimate of drug-likeness (QED) is 0.586. The molecule has 0 N–H and O–H groups in total. The first kappa shape index (κ1) is 12.8. The first-order valence-corrected chi connectivity index (χ1v) is 6.49. The number of hydrogen-bond acceptors (Lipinski definition) is 1. The molecule has 2 rings (SSSR count). The summed E-state index contributed by atoms with van der Waals surface area (Å²) in [5.74, 6) is 0.0958. The molecular weight excluding hydrogens is 288 g/mol. The first-order valence-electron chi connectivity index (χ1n) is 5.70. The van der Waals surface area contributed by atoms with Gasteiger partial charge in [-0.05, 0) is 30.2 Å². The Kier molecular flexibility index (Phi) is 4.11. The average Bonchev–Trinajstić information content (AvgIpc) is 2.38. The average molecular weight is 301 g/mol. The van der Waals surface area contributed by atoms with Gasteiger partial charge in [-0.3, -0.25) is 4.79 Å². The van der Waals surface area contributed by atoms with Gasteiger partial charge in [0, 0.05) is 10.0 Å². The lowest BCUT2D eigenvalue weighted by molar-refractivity contribution is 0.101. The summed E-state index contributed by atoms with van der Waals surface area (Å²) in [6.07, 6.45) is 4.09. The van der Waals surface area contributed by atoms with Crippen molar-refractivity contribution in [3.8, 4) is 0 Å². The van der Waals surface area contributed by atoms with Crippen LogP contribution >= 0.6 is 15.9 Å². The summed E-state index contributed by atoms with van der Waals surface area (Å²) in [7, 11) is 0. The van der Waals surface area contributed by atoms with E-state index in [1.165, 1.54) is 0 Å². The Hall–Kier alpha value is -1.67. The zero-order chi connectivity index (χ0) is 13.0. The zero-order valence-corrected chi connectivity index (χ0v) is 11.6. The number of carbonyl (C=O) groups is 1. The standard InChI is InChI=1S/C16H13BrO/c1-12(18)15-8-4-13(5-9-15)2-3-14-6-10-16(17)11-7-14/h2-11H,1H3. The van der Waals surface area contributed by atoms with Gasteiger partial charge in [0.1, 0.15) is 0 Å². The number of ketones is 1. The van der Waals surface area contributed by atoms with Crippen molar-refractivity contribution in [1.82, 2.24) is 0 Å². The second kappa shape index (κ2) is 5.78. The molecule has 2 aromatic rings. The molecule has 0 aliphatic carbocycles. The minimum atomic E-state index is 0.0958. The molecule has 0 bridgehead atoms. The monoisotopic (exact) mass is 300 g/mol. The van der Waals surface area contributed by atoms with Gasteiger partial charge >= 0.3 is 0 Å². The highest BCUT2D eigenvalue weighted by atomic mass is 79.9. The highest BCUT2D eigenvalue weighted by Gasteiger charge is 1.96. The topological polar surface area (TPSA) is 17.1 Å². The molecule has 0 aromatic heterocycles. The lowest BCUT2D eigenvalue weighted by Crippen LogP contribution is -1.90. The molecule has 90 valence electrons. The van der Waals surface area contributed by atoms with Gasteiger partial charge in [-0.2, -0.15) is 0 Å². The number of rotatable bonds is 3. The number of carbonyl (C=O) groups excluding carboxylic acids is 1. The normalized spacial score (nSPS) is 10.8. The molecule has 0 heterocycles. The van der Waals surface area contributed by atoms with Crippen LogP contribution in [0.3, 0.4) is 0 Å². The number of hydrogen-bond donors (Lipinski definition) is 0. The van der Waals surface area contributed by atoms with Crippen LogP contribution in [0.1, 0.15) is 28.4 Å². The van der Waals surface area contributed by atoms with Crippen molar-refractivity contribution in [3.05, 3.63) is 69.7 Å². The zero-order valence-electron chi connectivity index (χ0n) is 10.1. The van der Waals surface area contributed by atoms with Crippen molar-refractivity contribution < 1.29 is 4.79 Å². The molecule has 0 radical (unpaired) electrons. The SMILES string of the molecule is CC(=O)c1ccc(C=Cc2ccc(Br)cc2)cc1. The van der Waals surface area contributed by atoms with Crippen molar-refractivity contribution in [2.24, 2.45) is 0 Å². The third kappa shape index (κ3) is 3.41. The van der Waals surface area contributed by atoms with Gasteiger partial charge in [0.15, 0.2) is 5.78 Å². The molecule has 0 saturated carbocycles. The predicted octanol–water partition coefficient (Wildman–Crippen LogP) is 4.82. The van der Waals surface area contributed by atoms with Crippen LogP contribution in [-0.2, 0) is 0 Å². The van der Waals surface area contributed by atoms with E-state index in [1.807, 2.05) is 54.6 Å². The first-order chi connectivity index (χ1) is 8.65. The van der Waals surface area contributed by atoms with Crippen LogP contribution in [0.2, 0.25) is 0 Å². The van der Waals surface area contributed by atoms with Gasteiger partial charge in [0.25, 0.3) is 0 Å². The largest absolute Gasteiger partial charge is 0.295 e. The highest BCUT2D eigenvalue weighted by Crippen LogP contribution is 2.13. The molecular formula is C16H13BrO. The molecule has 0 aliphatic heterocycles. The maximum atomic E-state index is 11.1. The van der Waals surface area contributed by atoms with E-state index in [-0.39, 0.29) is 5.78 Å². The van der Waals surface area contributed by atoms with E-state index in [9.17, 15) is 4.79 Å². The summed E-state index contributed by atoms with van der Waals surface area (Å²) in [6, 6.07) is 15.7. The highest BCUT2D eigenvalue weighted by molar-refractivity contribution is 9.10. The van der Waals surface area contributed by atoms with Crippen LogP contribution in [-0.4, -0.2) is 5.78 Å². The Morgan fingerprint density at radius 2 is 1.33 bits per heavy atom. The summed E-state index contributed by atoms with van der Waals surface area (Å²) in [4.78, 5) is 11.1. The second-order valence-corrected chi connectivity index (χ2v) is 4.98. The Bertz CT molecular complexity index is 565. The van der Waals surface area contributed by atoms with Crippen LogP contribution in [0.4, 0.5) is 0 Å². The Morgan fingerprint density at radius 1 is 0.889 bits per heavy atom. The minimum Gasteiger partial charge on any atom is -0.295 e. The van der Waals surface area contributed by atoms with Gasteiger partial charge in [0.2, 0.25) is 0 Å². The van der Waals surface area contributed by atoms with E-state index in [1.54, 1.807) is 6.92 Å². The predicted molar refractivity (Wildman–Crippen MR) is 79.5 cm³/mol. The molecule has 2 aromatic carbocycles. The third-order valence-electron chi connectivity index (χ3n) is 2.66. The van der Waals surface area contributed by atoms with Gasteiger partial charge < -0.3 is 0 Å². The van der Waals surface area contributed by atoms with Crippen molar-refractivity contribution in [2.75, 3.05) is 0 Å². The van der Waals surface area contributed by atoms with Crippen LogP contribution in [0, 0.1) is 0 Å². The van der Waals surface area contributed by atoms with Crippen molar-refractivity contribution in [1.29, 1.82) is 0 Å². The molecule has 0 atom stereocenters. The van der Waals surface area contributed by atoms with Crippen LogP contribution < -0.4 is 0 Å². The molecule has 1 nitrogen and oxygen atoms in total. The maximum Gasteiger partial charge on any atom is 0.159 e. The Balaban J connectivity index is 2.13. The van der Waals surface area contributed by atoms with Crippen LogP contribution in [0.15, 0.2) is 53.0 Å². The van der Waals surface area contributed by atoms with E-state index in [0.717, 1.165) is 21.2 Å². The fourth-order valence-corrected chi connectivity index (χ4v) is 1.86. The second-order valence-electron chi connectivity index (χ2n) is 4.06. The summed E-state index contributed by atoms with van der Waals surface area (Å²) < 4.78 is 1.07. The maximum absolute atomic E-state index is 11.1. The number of halogens is 1. The Morgan fingerprint density at radius 3 is 1.78 bits per heavy atom. The molecule has 0 spiro atoms. The minimum absolute atomic E-state index is 0.0958. The van der Waals surface area contributed by atoms with E-state index in [2.05, 4.69) is 22.0 Å². The van der Waals surface area contributed by atoms with E-state index in [4.69, 9.17) is 0 Å².